The van der Waals surface area contributed by atoms with E-state index >= 15 is 0 Å². The lowest BCUT2D eigenvalue weighted by Gasteiger charge is -2.36. The van der Waals surface area contributed by atoms with Gasteiger partial charge in [-0.05, 0) is 13.3 Å². The minimum absolute atomic E-state index is 0.0515. The molecule has 0 aromatic carbocycles. The molecule has 0 saturated carbocycles. The summed E-state index contributed by atoms with van der Waals surface area (Å²) in [7, 11) is -0.964. The van der Waals surface area contributed by atoms with Crippen molar-refractivity contribution >= 4 is 22.6 Å². The molecule has 3 atom stereocenters. The van der Waals surface area contributed by atoms with Gasteiger partial charge in [-0.1, -0.05) is 13.3 Å². The van der Waals surface area contributed by atoms with E-state index in [-0.39, 0.29) is 24.4 Å². The van der Waals surface area contributed by atoms with Crippen LogP contribution in [0.4, 0.5) is 0 Å². The smallest absolute Gasteiger partial charge is 0.245 e. The molecule has 1 saturated heterocycles. The highest BCUT2D eigenvalue weighted by Gasteiger charge is 2.34. The van der Waals surface area contributed by atoms with Gasteiger partial charge in [-0.25, -0.2) is 0 Å². The van der Waals surface area contributed by atoms with Crippen LogP contribution in [0.5, 0.6) is 0 Å². The molecule has 1 rings (SSSR count). The maximum absolute atomic E-state index is 12.1. The fourth-order valence-electron chi connectivity index (χ4n) is 2.02. The Labute approximate surface area is 104 Å². The lowest BCUT2D eigenvalue weighted by atomic mass is 10.1. The zero-order valence-corrected chi connectivity index (χ0v) is 11.4. The molecule has 1 aliphatic heterocycles. The molecule has 3 unspecified atom stereocenters. The fraction of sp³-hybridized carbons (Fsp3) is 0.818. The first-order valence-electron chi connectivity index (χ1n) is 5.85. The van der Waals surface area contributed by atoms with Crippen LogP contribution in [-0.4, -0.2) is 51.6 Å². The topological polar surface area (TPSA) is 66.5 Å². The molecule has 1 N–H and O–H groups in total. The van der Waals surface area contributed by atoms with Gasteiger partial charge >= 0.3 is 0 Å². The van der Waals surface area contributed by atoms with Crippen molar-refractivity contribution in [2.45, 2.75) is 38.8 Å². The van der Waals surface area contributed by atoms with Gasteiger partial charge in [0.1, 0.15) is 6.04 Å². The summed E-state index contributed by atoms with van der Waals surface area (Å²) in [5, 5.41) is 2.70. The van der Waals surface area contributed by atoms with Gasteiger partial charge in [0.15, 0.2) is 0 Å². The Morgan fingerprint density at radius 2 is 2.18 bits per heavy atom. The van der Waals surface area contributed by atoms with Crippen molar-refractivity contribution in [2.24, 2.45) is 0 Å². The summed E-state index contributed by atoms with van der Waals surface area (Å²) >= 11 is 0. The molecule has 2 amide bonds. The Balaban J connectivity index is 2.73. The minimum Gasteiger partial charge on any atom is -0.343 e. The molecule has 0 radical (unpaired) electrons. The first kappa shape index (κ1) is 14.2. The van der Waals surface area contributed by atoms with Crippen LogP contribution in [0.2, 0.25) is 0 Å². The number of hydrogen-bond acceptors (Lipinski definition) is 3. The van der Waals surface area contributed by atoms with E-state index in [1.807, 2.05) is 13.8 Å². The van der Waals surface area contributed by atoms with Crippen molar-refractivity contribution in [1.29, 1.82) is 0 Å². The lowest BCUT2D eigenvalue weighted by Crippen LogP contribution is -2.60. The lowest BCUT2D eigenvalue weighted by molar-refractivity contribution is -0.146. The maximum atomic E-state index is 12.1. The molecular weight excluding hydrogens is 240 g/mol. The van der Waals surface area contributed by atoms with Crippen LogP contribution in [0.3, 0.4) is 0 Å². The summed E-state index contributed by atoms with van der Waals surface area (Å²) in [5.74, 6) is 0.235. The molecule has 6 heteroatoms. The first-order chi connectivity index (χ1) is 7.95. The van der Waals surface area contributed by atoms with E-state index < -0.39 is 16.8 Å². The average Bonchev–Trinajstić information content (AvgIpc) is 2.22. The second kappa shape index (κ2) is 6.14. The molecule has 0 aromatic rings. The van der Waals surface area contributed by atoms with Crippen molar-refractivity contribution in [3.63, 3.8) is 0 Å². The molecule has 1 aliphatic rings. The van der Waals surface area contributed by atoms with Gasteiger partial charge < -0.3 is 10.2 Å². The van der Waals surface area contributed by atoms with E-state index in [1.54, 1.807) is 11.2 Å². The Morgan fingerprint density at radius 1 is 1.53 bits per heavy atom. The average molecular weight is 260 g/mol. The Hall–Kier alpha value is -0.910. The minimum atomic E-state index is -0.964. The number of nitrogens with one attached hydrogen (secondary N) is 1. The third-order valence-corrected chi connectivity index (χ3v) is 3.77. The number of amides is 2. The quantitative estimate of drug-likeness (QED) is 0.749. The molecule has 1 heterocycles. The molecular formula is C11H20N2O3S. The number of carbonyl (C=O) groups excluding carboxylic acids is 2. The highest BCUT2D eigenvalue weighted by atomic mass is 32.2. The Kier molecular flexibility index (Phi) is 5.11. The van der Waals surface area contributed by atoms with Crippen LogP contribution in [-0.2, 0) is 20.4 Å². The predicted molar refractivity (Wildman–Crippen MR) is 66.9 cm³/mol. The number of nitrogens with zero attached hydrogens (tertiary/aromatic N) is 1. The summed E-state index contributed by atoms with van der Waals surface area (Å²) in [6, 6.07) is -0.562. The van der Waals surface area contributed by atoms with Gasteiger partial charge in [0, 0.05) is 28.9 Å². The highest BCUT2D eigenvalue weighted by Crippen LogP contribution is 2.11. The SMILES string of the molecule is CCCC1NC(=O)CN(C(C)CS(C)=O)C1=O. The molecule has 98 valence electrons. The van der Waals surface area contributed by atoms with Crippen LogP contribution in [0.15, 0.2) is 0 Å². The van der Waals surface area contributed by atoms with Crippen molar-refractivity contribution in [3.8, 4) is 0 Å². The Morgan fingerprint density at radius 3 is 2.71 bits per heavy atom. The van der Waals surface area contributed by atoms with Crippen molar-refractivity contribution < 1.29 is 13.8 Å². The van der Waals surface area contributed by atoms with Crippen LogP contribution in [0.25, 0.3) is 0 Å². The highest BCUT2D eigenvalue weighted by molar-refractivity contribution is 7.84. The molecule has 0 aliphatic carbocycles. The normalized spacial score (nSPS) is 24.4. The molecule has 0 bridgehead atoms. The van der Waals surface area contributed by atoms with Crippen LogP contribution < -0.4 is 5.32 Å². The third kappa shape index (κ3) is 3.80. The van der Waals surface area contributed by atoms with E-state index in [0.717, 1.165) is 6.42 Å². The summed E-state index contributed by atoms with van der Waals surface area (Å²) in [5.41, 5.74) is 0. The summed E-state index contributed by atoms with van der Waals surface area (Å²) in [6.07, 6.45) is 3.11. The molecule has 17 heavy (non-hydrogen) atoms. The molecule has 0 spiro atoms. The summed E-state index contributed by atoms with van der Waals surface area (Å²) < 4.78 is 11.2. The number of carbonyl (C=O) groups is 2. The number of hydrogen-bond donors (Lipinski definition) is 1. The van der Waals surface area contributed by atoms with Gasteiger partial charge in [0.25, 0.3) is 0 Å². The standard InChI is InChI=1S/C11H20N2O3S/c1-4-5-9-11(15)13(6-10(14)12-9)8(2)7-17(3)16/h8-9H,4-7H2,1-3H3,(H,12,14). The van der Waals surface area contributed by atoms with Crippen LogP contribution in [0, 0.1) is 0 Å². The summed E-state index contributed by atoms with van der Waals surface area (Å²) in [6.45, 7) is 3.89. The third-order valence-electron chi connectivity index (χ3n) is 2.82. The largest absolute Gasteiger partial charge is 0.343 e. The second-order valence-corrected chi connectivity index (χ2v) is 5.94. The molecule has 1 fully saturated rings. The van der Waals surface area contributed by atoms with Crippen molar-refractivity contribution in [3.05, 3.63) is 0 Å². The van der Waals surface area contributed by atoms with E-state index in [0.29, 0.717) is 12.2 Å². The van der Waals surface area contributed by atoms with Gasteiger partial charge in [-0.3, -0.25) is 13.8 Å². The zero-order chi connectivity index (χ0) is 13.0. The van der Waals surface area contributed by atoms with E-state index in [1.165, 1.54) is 0 Å². The fourth-order valence-corrected chi connectivity index (χ4v) is 2.88. The van der Waals surface area contributed by atoms with E-state index in [2.05, 4.69) is 5.32 Å². The van der Waals surface area contributed by atoms with Crippen molar-refractivity contribution in [1.82, 2.24) is 10.2 Å². The van der Waals surface area contributed by atoms with Gasteiger partial charge in [-0.2, -0.15) is 0 Å². The zero-order valence-electron chi connectivity index (χ0n) is 10.6. The summed E-state index contributed by atoms with van der Waals surface area (Å²) in [4.78, 5) is 25.2. The maximum Gasteiger partial charge on any atom is 0.245 e. The van der Waals surface area contributed by atoms with E-state index in [9.17, 15) is 13.8 Å². The van der Waals surface area contributed by atoms with Crippen molar-refractivity contribution in [2.75, 3.05) is 18.6 Å². The molecule has 5 nitrogen and oxygen atoms in total. The monoisotopic (exact) mass is 260 g/mol. The molecule has 0 aromatic heterocycles. The van der Waals surface area contributed by atoms with Crippen LogP contribution >= 0.6 is 0 Å². The predicted octanol–water partition coefficient (Wildman–Crippen LogP) is -0.119. The first-order valence-corrected chi connectivity index (χ1v) is 7.58. The van der Waals surface area contributed by atoms with E-state index in [4.69, 9.17) is 0 Å². The Bertz CT molecular complexity index is 333. The number of piperazine rings is 1. The van der Waals surface area contributed by atoms with Gasteiger partial charge in [0.2, 0.25) is 11.8 Å². The number of rotatable bonds is 5. The van der Waals surface area contributed by atoms with Crippen LogP contribution in [0.1, 0.15) is 26.7 Å². The van der Waals surface area contributed by atoms with Gasteiger partial charge in [0.05, 0.1) is 6.54 Å². The van der Waals surface area contributed by atoms with Gasteiger partial charge in [-0.15, -0.1) is 0 Å². The second-order valence-electron chi connectivity index (χ2n) is 4.46.